The topological polar surface area (TPSA) is 50.4 Å². The maximum absolute atomic E-state index is 11.9. The lowest BCUT2D eigenvalue weighted by molar-refractivity contribution is -0.148. The lowest BCUT2D eigenvalue weighted by Crippen LogP contribution is -2.51. The van der Waals surface area contributed by atoms with Crippen molar-refractivity contribution in [3.63, 3.8) is 0 Å². The summed E-state index contributed by atoms with van der Waals surface area (Å²) in [7, 11) is 1.49. The van der Waals surface area contributed by atoms with E-state index in [0.29, 0.717) is 5.92 Å². The van der Waals surface area contributed by atoms with Crippen LogP contribution in [0.1, 0.15) is 32.1 Å². The molecule has 0 spiro atoms. The molecule has 0 bridgehead atoms. The molecule has 2 unspecified atom stereocenters. The van der Waals surface area contributed by atoms with Gasteiger partial charge in [-0.2, -0.15) is 0 Å². The molecule has 4 heteroatoms. The van der Waals surface area contributed by atoms with E-state index in [9.17, 15) is 4.79 Å². The van der Waals surface area contributed by atoms with Crippen LogP contribution in [0.2, 0.25) is 0 Å². The van der Waals surface area contributed by atoms with E-state index < -0.39 is 5.54 Å². The number of carbonyl (C=O) groups excluding carboxylic acids is 1. The van der Waals surface area contributed by atoms with Crippen molar-refractivity contribution in [3.8, 4) is 0 Å². The van der Waals surface area contributed by atoms with Crippen molar-refractivity contribution in [2.45, 2.75) is 37.6 Å². The summed E-state index contributed by atoms with van der Waals surface area (Å²) in [6, 6.07) is 0. The van der Waals surface area contributed by atoms with Crippen molar-refractivity contribution >= 4 is 5.97 Å². The zero-order valence-electron chi connectivity index (χ0n) is 10.1. The fourth-order valence-electron chi connectivity index (χ4n) is 3.02. The van der Waals surface area contributed by atoms with E-state index in [1.54, 1.807) is 0 Å². The third-order valence-corrected chi connectivity index (χ3v) is 3.86. The lowest BCUT2D eigenvalue weighted by Gasteiger charge is -2.32. The molecule has 2 aliphatic rings. The molecule has 2 saturated heterocycles. The van der Waals surface area contributed by atoms with Crippen LogP contribution in [0, 0.1) is 5.92 Å². The van der Waals surface area contributed by atoms with Gasteiger partial charge in [0, 0.05) is 0 Å². The SMILES string of the molecule is COC(=O)C1(CC2CCCNC2)CCCN1. The number of hydrogen-bond donors (Lipinski definition) is 2. The summed E-state index contributed by atoms with van der Waals surface area (Å²) in [4.78, 5) is 11.9. The largest absolute Gasteiger partial charge is 0.468 e. The average Bonchev–Trinajstić information content (AvgIpc) is 2.79. The second kappa shape index (κ2) is 5.15. The van der Waals surface area contributed by atoms with Crippen molar-refractivity contribution in [2.24, 2.45) is 5.92 Å². The summed E-state index contributed by atoms with van der Waals surface area (Å²) in [5.74, 6) is 0.536. The molecule has 0 radical (unpaired) electrons. The van der Waals surface area contributed by atoms with Crippen LogP contribution in [0.3, 0.4) is 0 Å². The smallest absolute Gasteiger partial charge is 0.326 e. The zero-order valence-corrected chi connectivity index (χ0v) is 10.1. The first kappa shape index (κ1) is 11.9. The van der Waals surface area contributed by atoms with E-state index in [4.69, 9.17) is 4.74 Å². The molecule has 0 aromatic carbocycles. The number of hydrogen-bond acceptors (Lipinski definition) is 4. The molecule has 0 amide bonds. The summed E-state index contributed by atoms with van der Waals surface area (Å²) in [6.07, 6.45) is 5.38. The van der Waals surface area contributed by atoms with E-state index in [-0.39, 0.29) is 5.97 Å². The molecule has 16 heavy (non-hydrogen) atoms. The highest BCUT2D eigenvalue weighted by atomic mass is 16.5. The number of carbonyl (C=O) groups is 1. The predicted octanol–water partition coefficient (Wildman–Crippen LogP) is 0.671. The summed E-state index contributed by atoms with van der Waals surface area (Å²) in [5, 5.41) is 6.77. The molecule has 2 aliphatic heterocycles. The quantitative estimate of drug-likeness (QED) is 0.695. The Morgan fingerprint density at radius 1 is 1.44 bits per heavy atom. The Morgan fingerprint density at radius 2 is 2.31 bits per heavy atom. The van der Waals surface area contributed by atoms with Gasteiger partial charge in [-0.25, -0.2) is 0 Å². The van der Waals surface area contributed by atoms with Gasteiger partial charge in [-0.05, 0) is 57.7 Å². The first-order valence-corrected chi connectivity index (χ1v) is 6.31. The van der Waals surface area contributed by atoms with E-state index >= 15 is 0 Å². The van der Waals surface area contributed by atoms with Gasteiger partial charge in [0.05, 0.1) is 7.11 Å². The number of piperidine rings is 1. The van der Waals surface area contributed by atoms with Crippen LogP contribution in [0.4, 0.5) is 0 Å². The zero-order chi connectivity index (χ0) is 11.4. The maximum atomic E-state index is 11.9. The number of nitrogens with one attached hydrogen (secondary N) is 2. The molecule has 2 fully saturated rings. The third-order valence-electron chi connectivity index (χ3n) is 3.86. The number of rotatable bonds is 3. The van der Waals surface area contributed by atoms with E-state index in [1.807, 2.05) is 0 Å². The lowest BCUT2D eigenvalue weighted by atomic mass is 9.82. The van der Waals surface area contributed by atoms with Gasteiger partial charge in [-0.15, -0.1) is 0 Å². The Morgan fingerprint density at radius 3 is 2.88 bits per heavy atom. The number of ether oxygens (including phenoxy) is 1. The highest BCUT2D eigenvalue weighted by Gasteiger charge is 2.43. The highest BCUT2D eigenvalue weighted by Crippen LogP contribution is 2.30. The van der Waals surface area contributed by atoms with Crippen molar-refractivity contribution < 1.29 is 9.53 Å². The van der Waals surface area contributed by atoms with E-state index in [2.05, 4.69) is 10.6 Å². The third kappa shape index (κ3) is 2.38. The van der Waals surface area contributed by atoms with Crippen molar-refractivity contribution in [1.29, 1.82) is 0 Å². The fraction of sp³-hybridized carbons (Fsp3) is 0.917. The predicted molar refractivity (Wildman–Crippen MR) is 62.2 cm³/mol. The molecule has 2 rings (SSSR count). The maximum Gasteiger partial charge on any atom is 0.326 e. The molecule has 92 valence electrons. The monoisotopic (exact) mass is 226 g/mol. The molecule has 2 heterocycles. The normalized spacial score (nSPS) is 34.9. The summed E-state index contributed by atoms with van der Waals surface area (Å²) >= 11 is 0. The van der Waals surface area contributed by atoms with Gasteiger partial charge >= 0.3 is 5.97 Å². The van der Waals surface area contributed by atoms with Crippen molar-refractivity contribution in [1.82, 2.24) is 10.6 Å². The van der Waals surface area contributed by atoms with Crippen LogP contribution < -0.4 is 10.6 Å². The molecule has 0 aromatic rings. The minimum Gasteiger partial charge on any atom is -0.468 e. The van der Waals surface area contributed by atoms with Crippen LogP contribution in [0.5, 0.6) is 0 Å². The van der Waals surface area contributed by atoms with Crippen LogP contribution in [0.15, 0.2) is 0 Å². The Labute approximate surface area is 97.1 Å². The molecule has 0 aliphatic carbocycles. The van der Waals surface area contributed by atoms with E-state index in [0.717, 1.165) is 38.9 Å². The Kier molecular flexibility index (Phi) is 3.82. The van der Waals surface area contributed by atoms with Crippen LogP contribution >= 0.6 is 0 Å². The molecule has 0 aromatic heterocycles. The van der Waals surface area contributed by atoms with Gasteiger partial charge < -0.3 is 15.4 Å². The highest BCUT2D eigenvalue weighted by molar-refractivity contribution is 5.81. The fourth-order valence-corrected chi connectivity index (χ4v) is 3.02. The summed E-state index contributed by atoms with van der Waals surface area (Å²) in [5.41, 5.74) is -0.390. The van der Waals surface area contributed by atoms with Crippen molar-refractivity contribution in [3.05, 3.63) is 0 Å². The van der Waals surface area contributed by atoms with Gasteiger partial charge in [0.15, 0.2) is 0 Å². The minimum atomic E-state index is -0.390. The summed E-state index contributed by atoms with van der Waals surface area (Å²) in [6.45, 7) is 3.10. The molecule has 4 nitrogen and oxygen atoms in total. The molecular weight excluding hydrogens is 204 g/mol. The summed E-state index contributed by atoms with van der Waals surface area (Å²) < 4.78 is 4.96. The van der Waals surface area contributed by atoms with Gasteiger partial charge in [-0.3, -0.25) is 4.79 Å². The molecule has 0 saturated carbocycles. The van der Waals surface area contributed by atoms with Crippen molar-refractivity contribution in [2.75, 3.05) is 26.7 Å². The van der Waals surface area contributed by atoms with Gasteiger partial charge in [0.25, 0.3) is 0 Å². The second-order valence-electron chi connectivity index (χ2n) is 5.02. The van der Waals surface area contributed by atoms with Crippen LogP contribution in [-0.2, 0) is 9.53 Å². The minimum absolute atomic E-state index is 0.0735. The second-order valence-corrected chi connectivity index (χ2v) is 5.02. The molecule has 2 atom stereocenters. The number of methoxy groups -OCH3 is 1. The standard InChI is InChI=1S/C12H22N2O2/c1-16-11(15)12(5-3-7-14-12)8-10-4-2-6-13-9-10/h10,13-14H,2-9H2,1H3. The first-order valence-electron chi connectivity index (χ1n) is 6.31. The Bertz CT molecular complexity index is 243. The Balaban J connectivity index is 1.98. The van der Waals surface area contributed by atoms with Crippen LogP contribution in [-0.4, -0.2) is 38.3 Å². The number of esters is 1. The van der Waals surface area contributed by atoms with Gasteiger partial charge in [0.2, 0.25) is 0 Å². The first-order chi connectivity index (χ1) is 7.77. The van der Waals surface area contributed by atoms with Crippen LogP contribution in [0.25, 0.3) is 0 Å². The van der Waals surface area contributed by atoms with Gasteiger partial charge in [-0.1, -0.05) is 0 Å². The molecular formula is C12H22N2O2. The Hall–Kier alpha value is -0.610. The average molecular weight is 226 g/mol. The van der Waals surface area contributed by atoms with E-state index in [1.165, 1.54) is 20.0 Å². The van der Waals surface area contributed by atoms with Gasteiger partial charge in [0.1, 0.15) is 5.54 Å². The molecule has 2 N–H and O–H groups in total.